The van der Waals surface area contributed by atoms with Crippen LogP contribution in [0.15, 0.2) is 30.3 Å². The Hall–Kier alpha value is -1.00. The molecule has 0 radical (unpaired) electrons. The van der Waals surface area contributed by atoms with Gasteiger partial charge in [-0.3, -0.25) is 10.1 Å². The van der Waals surface area contributed by atoms with Gasteiger partial charge < -0.3 is 5.11 Å². The average Bonchev–Trinajstić information content (AvgIpc) is 2.35. The average molecular weight is 279 g/mol. The molecule has 1 aliphatic rings. The normalized spacial score (nSPS) is 23.8. The van der Waals surface area contributed by atoms with Gasteiger partial charge in [0.1, 0.15) is 6.04 Å². The van der Waals surface area contributed by atoms with Crippen LogP contribution in [-0.2, 0) is 4.79 Å². The van der Waals surface area contributed by atoms with E-state index in [1.807, 2.05) is 42.1 Å². The van der Waals surface area contributed by atoms with Crippen molar-refractivity contribution in [1.29, 1.82) is 0 Å². The van der Waals surface area contributed by atoms with Crippen molar-refractivity contribution >= 4 is 17.7 Å². The van der Waals surface area contributed by atoms with E-state index in [-0.39, 0.29) is 11.5 Å². The van der Waals surface area contributed by atoms with Gasteiger partial charge in [0.15, 0.2) is 0 Å². The van der Waals surface area contributed by atoms with Crippen LogP contribution in [0.1, 0.15) is 31.9 Å². The lowest BCUT2D eigenvalue weighted by molar-refractivity contribution is -0.140. The first-order valence-electron chi connectivity index (χ1n) is 6.59. The number of thioether (sulfide) groups is 1. The van der Waals surface area contributed by atoms with Crippen LogP contribution in [0.4, 0.5) is 0 Å². The molecule has 2 unspecified atom stereocenters. The third-order valence-electron chi connectivity index (χ3n) is 3.39. The number of rotatable bonds is 4. The number of nitrogens with one attached hydrogen (secondary N) is 1. The topological polar surface area (TPSA) is 49.3 Å². The molecule has 0 aromatic heterocycles. The Morgan fingerprint density at radius 1 is 1.42 bits per heavy atom. The Labute approximate surface area is 118 Å². The van der Waals surface area contributed by atoms with E-state index in [0.717, 1.165) is 23.5 Å². The summed E-state index contributed by atoms with van der Waals surface area (Å²) in [6.45, 7) is 4.48. The van der Waals surface area contributed by atoms with Gasteiger partial charge in [-0.1, -0.05) is 44.2 Å². The molecule has 2 N–H and O–H groups in total. The fraction of sp³-hybridized carbons (Fsp3) is 0.533. The first kappa shape index (κ1) is 14.4. The van der Waals surface area contributed by atoms with E-state index >= 15 is 0 Å². The van der Waals surface area contributed by atoms with Crippen LogP contribution in [0.3, 0.4) is 0 Å². The number of carbonyl (C=O) groups is 1. The van der Waals surface area contributed by atoms with Crippen molar-refractivity contribution in [2.24, 2.45) is 5.41 Å². The molecule has 1 saturated heterocycles. The Morgan fingerprint density at radius 2 is 2.11 bits per heavy atom. The number of aliphatic carboxylic acids is 1. The van der Waals surface area contributed by atoms with Crippen molar-refractivity contribution in [2.45, 2.75) is 32.4 Å². The molecule has 104 valence electrons. The van der Waals surface area contributed by atoms with E-state index in [1.54, 1.807) is 0 Å². The minimum absolute atomic E-state index is 0.259. The molecule has 2 rings (SSSR count). The van der Waals surface area contributed by atoms with Gasteiger partial charge in [-0.2, -0.15) is 11.8 Å². The van der Waals surface area contributed by atoms with Crippen LogP contribution in [0.5, 0.6) is 0 Å². The first-order chi connectivity index (χ1) is 8.98. The lowest BCUT2D eigenvalue weighted by Crippen LogP contribution is -2.44. The zero-order valence-corrected chi connectivity index (χ0v) is 12.2. The second-order valence-electron chi connectivity index (χ2n) is 5.93. The zero-order valence-electron chi connectivity index (χ0n) is 11.4. The van der Waals surface area contributed by atoms with Crippen molar-refractivity contribution < 1.29 is 9.90 Å². The Kier molecular flexibility index (Phi) is 4.53. The Morgan fingerprint density at radius 3 is 2.68 bits per heavy atom. The van der Waals surface area contributed by atoms with E-state index in [2.05, 4.69) is 19.2 Å². The largest absolute Gasteiger partial charge is 0.480 e. The maximum absolute atomic E-state index is 11.5. The zero-order chi connectivity index (χ0) is 13.9. The fourth-order valence-electron chi connectivity index (χ4n) is 2.56. The second kappa shape index (κ2) is 5.97. The molecular formula is C15H21NO2S. The van der Waals surface area contributed by atoms with Crippen LogP contribution in [0.25, 0.3) is 0 Å². The number of benzene rings is 1. The molecule has 0 spiro atoms. The van der Waals surface area contributed by atoms with Gasteiger partial charge in [-0.05, 0) is 23.2 Å². The molecule has 4 heteroatoms. The van der Waals surface area contributed by atoms with Crippen molar-refractivity contribution in [1.82, 2.24) is 5.32 Å². The third-order valence-corrected chi connectivity index (χ3v) is 5.02. The Bertz CT molecular complexity index is 433. The van der Waals surface area contributed by atoms with E-state index in [4.69, 9.17) is 0 Å². The molecule has 1 aliphatic heterocycles. The number of hydrogen-bond donors (Lipinski definition) is 2. The van der Waals surface area contributed by atoms with Gasteiger partial charge in [0.05, 0.1) is 0 Å². The molecule has 3 nitrogen and oxygen atoms in total. The standard InChI is InChI=1S/C15H21NO2S/c1-15(2)8-12(9-19-10-15)16-13(14(17)18)11-6-4-3-5-7-11/h3-7,12-13,16H,8-10H2,1-2H3,(H,17,18). The highest BCUT2D eigenvalue weighted by Gasteiger charge is 2.31. The van der Waals surface area contributed by atoms with Crippen LogP contribution < -0.4 is 5.32 Å². The maximum atomic E-state index is 11.5. The minimum atomic E-state index is -0.806. The summed E-state index contributed by atoms with van der Waals surface area (Å²) in [6.07, 6.45) is 1.02. The van der Waals surface area contributed by atoms with Crippen molar-refractivity contribution in [3.63, 3.8) is 0 Å². The molecule has 19 heavy (non-hydrogen) atoms. The van der Waals surface area contributed by atoms with Crippen LogP contribution in [0.2, 0.25) is 0 Å². The molecular weight excluding hydrogens is 258 g/mol. The van der Waals surface area contributed by atoms with Crippen LogP contribution in [0, 0.1) is 5.41 Å². The summed E-state index contributed by atoms with van der Waals surface area (Å²) >= 11 is 1.90. The van der Waals surface area contributed by atoms with E-state index in [0.29, 0.717) is 0 Å². The summed E-state index contributed by atoms with van der Waals surface area (Å²) in [5, 5.41) is 12.7. The van der Waals surface area contributed by atoms with Crippen molar-refractivity contribution in [3.05, 3.63) is 35.9 Å². The fourth-order valence-corrected chi connectivity index (χ4v) is 3.85. The minimum Gasteiger partial charge on any atom is -0.480 e. The summed E-state index contributed by atoms with van der Waals surface area (Å²) in [7, 11) is 0. The number of carboxylic acid groups (broad SMARTS) is 1. The summed E-state index contributed by atoms with van der Waals surface area (Å²) in [5.41, 5.74) is 1.10. The SMILES string of the molecule is CC1(C)CSCC(NC(C(=O)O)c2ccccc2)C1. The van der Waals surface area contributed by atoms with E-state index in [9.17, 15) is 9.90 Å². The first-order valence-corrected chi connectivity index (χ1v) is 7.75. The van der Waals surface area contributed by atoms with Crippen molar-refractivity contribution in [3.8, 4) is 0 Å². The van der Waals surface area contributed by atoms with Crippen molar-refractivity contribution in [2.75, 3.05) is 11.5 Å². The van der Waals surface area contributed by atoms with Gasteiger partial charge in [-0.15, -0.1) is 0 Å². The van der Waals surface area contributed by atoms with Gasteiger partial charge in [0.2, 0.25) is 0 Å². The highest BCUT2D eigenvalue weighted by Crippen LogP contribution is 2.34. The summed E-state index contributed by atoms with van der Waals surface area (Å²) in [5.74, 6) is 1.33. The Balaban J connectivity index is 2.08. The molecule has 1 aromatic carbocycles. The predicted molar refractivity (Wildman–Crippen MR) is 79.5 cm³/mol. The highest BCUT2D eigenvalue weighted by atomic mass is 32.2. The van der Waals surface area contributed by atoms with E-state index in [1.165, 1.54) is 0 Å². The molecule has 1 heterocycles. The van der Waals surface area contributed by atoms with Gasteiger partial charge in [-0.25, -0.2) is 0 Å². The summed E-state index contributed by atoms with van der Waals surface area (Å²) in [6, 6.07) is 9.05. The van der Waals surface area contributed by atoms with E-state index < -0.39 is 12.0 Å². The maximum Gasteiger partial charge on any atom is 0.325 e. The lowest BCUT2D eigenvalue weighted by Gasteiger charge is -2.36. The quantitative estimate of drug-likeness (QED) is 0.889. The van der Waals surface area contributed by atoms with Gasteiger partial charge in [0.25, 0.3) is 0 Å². The van der Waals surface area contributed by atoms with Gasteiger partial charge >= 0.3 is 5.97 Å². The summed E-state index contributed by atoms with van der Waals surface area (Å²) in [4.78, 5) is 11.5. The highest BCUT2D eigenvalue weighted by molar-refractivity contribution is 7.99. The number of hydrogen-bond acceptors (Lipinski definition) is 3. The van der Waals surface area contributed by atoms with Crippen LogP contribution in [-0.4, -0.2) is 28.6 Å². The predicted octanol–water partition coefficient (Wildman–Crippen LogP) is 2.93. The smallest absolute Gasteiger partial charge is 0.325 e. The second-order valence-corrected chi connectivity index (χ2v) is 6.96. The number of carboxylic acids is 1. The lowest BCUT2D eigenvalue weighted by atomic mass is 9.87. The summed E-state index contributed by atoms with van der Waals surface area (Å²) < 4.78 is 0. The van der Waals surface area contributed by atoms with Gasteiger partial charge in [0, 0.05) is 11.8 Å². The molecule has 0 saturated carbocycles. The molecule has 2 atom stereocenters. The molecule has 1 fully saturated rings. The third kappa shape index (κ3) is 3.98. The molecule has 0 bridgehead atoms. The molecule has 0 amide bonds. The molecule has 0 aliphatic carbocycles. The molecule has 1 aromatic rings. The van der Waals surface area contributed by atoms with Crippen LogP contribution >= 0.6 is 11.8 Å². The monoisotopic (exact) mass is 279 g/mol.